The van der Waals surface area contributed by atoms with E-state index in [4.69, 9.17) is 18.9 Å². The molecule has 47 heavy (non-hydrogen) atoms. The van der Waals surface area contributed by atoms with Crippen molar-refractivity contribution in [1.29, 1.82) is 0 Å². The number of fused-ring (bicyclic) bond motifs is 5. The molecule has 2 atom stereocenters. The van der Waals surface area contributed by atoms with Crippen LogP contribution in [0.1, 0.15) is 36.1 Å². The lowest BCUT2D eigenvalue weighted by molar-refractivity contribution is 0.103. The first-order valence-electron chi connectivity index (χ1n) is 16.1. The van der Waals surface area contributed by atoms with Crippen LogP contribution in [0.3, 0.4) is 0 Å². The number of benzene rings is 6. The molecule has 4 nitrogen and oxygen atoms in total. The van der Waals surface area contributed by atoms with E-state index in [1.165, 1.54) is 45.9 Å². The van der Waals surface area contributed by atoms with Gasteiger partial charge in [0.1, 0.15) is 36.9 Å². The predicted molar refractivity (Wildman–Crippen MR) is 191 cm³/mol. The normalized spacial score (nSPS) is 14.1. The molecule has 0 aliphatic heterocycles. The van der Waals surface area contributed by atoms with E-state index in [-0.39, 0.29) is 12.2 Å². The van der Waals surface area contributed by atoms with Gasteiger partial charge in [0.05, 0.1) is 17.9 Å². The van der Waals surface area contributed by atoms with Gasteiger partial charge in [-0.05, 0) is 105 Å². The molecule has 6 aromatic carbocycles. The first kappa shape index (κ1) is 30.2. The highest BCUT2D eigenvalue weighted by molar-refractivity contribution is 5.92. The van der Waals surface area contributed by atoms with Crippen LogP contribution in [-0.2, 0) is 14.9 Å². The third-order valence-corrected chi connectivity index (χ3v) is 9.07. The van der Waals surface area contributed by atoms with Crippen LogP contribution < -0.4 is 9.47 Å². The Morgan fingerprint density at radius 3 is 1.38 bits per heavy atom. The summed E-state index contributed by atoms with van der Waals surface area (Å²) in [6, 6.07) is 43.9. The van der Waals surface area contributed by atoms with Crippen molar-refractivity contribution in [3.63, 3.8) is 0 Å². The van der Waals surface area contributed by atoms with E-state index in [0.717, 1.165) is 33.0 Å². The van der Waals surface area contributed by atoms with Crippen LogP contribution >= 0.6 is 0 Å². The van der Waals surface area contributed by atoms with Crippen LogP contribution in [0.15, 0.2) is 147 Å². The summed E-state index contributed by atoms with van der Waals surface area (Å²) in [6.07, 6.45) is 2.76. The van der Waals surface area contributed by atoms with Crippen LogP contribution in [0, 0.1) is 0 Å². The zero-order valence-corrected chi connectivity index (χ0v) is 26.8. The predicted octanol–water partition coefficient (Wildman–Crippen LogP) is 10.2. The van der Waals surface area contributed by atoms with Crippen molar-refractivity contribution < 1.29 is 18.9 Å². The third-order valence-electron chi connectivity index (χ3n) is 9.07. The lowest BCUT2D eigenvalue weighted by atomic mass is 9.67. The molecular formula is C43H38O4. The molecule has 234 valence electrons. The molecule has 4 heteroatoms. The Morgan fingerprint density at radius 2 is 0.936 bits per heavy atom. The van der Waals surface area contributed by atoms with E-state index in [0.29, 0.717) is 13.2 Å². The van der Waals surface area contributed by atoms with Gasteiger partial charge in [0.25, 0.3) is 0 Å². The van der Waals surface area contributed by atoms with Gasteiger partial charge in [-0.25, -0.2) is 0 Å². The van der Waals surface area contributed by atoms with E-state index in [1.54, 1.807) is 0 Å². The van der Waals surface area contributed by atoms with Gasteiger partial charge in [-0.15, -0.1) is 0 Å². The van der Waals surface area contributed by atoms with Gasteiger partial charge >= 0.3 is 0 Å². The summed E-state index contributed by atoms with van der Waals surface area (Å²) in [5, 5.41) is 4.56. The fraction of sp³-hybridized carbons (Fsp3) is 0.163. The van der Waals surface area contributed by atoms with Crippen molar-refractivity contribution in [3.8, 4) is 22.6 Å². The van der Waals surface area contributed by atoms with Gasteiger partial charge in [-0.1, -0.05) is 98.1 Å². The van der Waals surface area contributed by atoms with E-state index in [1.807, 2.05) is 26.0 Å². The summed E-state index contributed by atoms with van der Waals surface area (Å²) in [4.78, 5) is 0. The Balaban J connectivity index is 1.34. The SMILES string of the molecule is C=COC(C)COc1ccc2cc(C3(c4ccc5cc(OCC(C)OC=C)ccc5c4)c4ccccc4-c4ccccc43)ccc2c1. The largest absolute Gasteiger partial charge is 0.495 e. The number of hydrogen-bond donors (Lipinski definition) is 0. The Kier molecular flexibility index (Phi) is 8.17. The second-order valence-electron chi connectivity index (χ2n) is 12.1. The molecule has 0 bridgehead atoms. The monoisotopic (exact) mass is 618 g/mol. The Labute approximate surface area is 276 Å². The second kappa shape index (κ2) is 12.7. The molecule has 0 N–H and O–H groups in total. The molecule has 0 spiro atoms. The zero-order chi connectivity index (χ0) is 32.4. The fourth-order valence-corrected chi connectivity index (χ4v) is 6.95. The summed E-state index contributed by atoms with van der Waals surface area (Å²) in [5.74, 6) is 1.63. The first-order valence-corrected chi connectivity index (χ1v) is 16.1. The summed E-state index contributed by atoms with van der Waals surface area (Å²) < 4.78 is 22.9. The fourth-order valence-electron chi connectivity index (χ4n) is 6.95. The molecule has 0 amide bonds. The zero-order valence-electron chi connectivity index (χ0n) is 26.8. The number of hydrogen-bond acceptors (Lipinski definition) is 4. The van der Waals surface area contributed by atoms with Gasteiger partial charge in [-0.3, -0.25) is 0 Å². The quantitative estimate of drug-likeness (QED) is 0.128. The smallest absolute Gasteiger partial charge is 0.129 e. The van der Waals surface area contributed by atoms with Crippen molar-refractivity contribution >= 4 is 21.5 Å². The highest BCUT2D eigenvalue weighted by Crippen LogP contribution is 2.56. The van der Waals surface area contributed by atoms with Crippen LogP contribution in [0.4, 0.5) is 0 Å². The average Bonchev–Trinajstić information content (AvgIpc) is 3.41. The summed E-state index contributed by atoms with van der Waals surface area (Å²) in [6.45, 7) is 12.1. The molecule has 0 saturated heterocycles. The molecule has 1 aliphatic carbocycles. The van der Waals surface area contributed by atoms with Crippen LogP contribution in [0.25, 0.3) is 32.7 Å². The highest BCUT2D eigenvalue weighted by Gasteiger charge is 2.46. The maximum Gasteiger partial charge on any atom is 0.129 e. The Bertz CT molecular complexity index is 1940. The average molecular weight is 619 g/mol. The molecule has 0 saturated carbocycles. The van der Waals surface area contributed by atoms with Gasteiger partial charge < -0.3 is 18.9 Å². The summed E-state index contributed by atoms with van der Waals surface area (Å²) >= 11 is 0. The Hall–Kier alpha value is -5.48. The van der Waals surface area contributed by atoms with Gasteiger partial charge in [0.15, 0.2) is 0 Å². The minimum atomic E-state index is -0.505. The second-order valence-corrected chi connectivity index (χ2v) is 12.1. The summed E-state index contributed by atoms with van der Waals surface area (Å²) in [5.41, 5.74) is 7.04. The molecular weight excluding hydrogens is 580 g/mol. The molecule has 0 fully saturated rings. The van der Waals surface area contributed by atoms with E-state index in [9.17, 15) is 0 Å². The van der Waals surface area contributed by atoms with Crippen molar-refractivity contribution in [2.75, 3.05) is 13.2 Å². The number of ether oxygens (including phenoxy) is 4. The topological polar surface area (TPSA) is 36.9 Å². The van der Waals surface area contributed by atoms with Crippen LogP contribution in [0.5, 0.6) is 11.5 Å². The Morgan fingerprint density at radius 1 is 0.532 bits per heavy atom. The molecule has 1 aliphatic rings. The van der Waals surface area contributed by atoms with Crippen molar-refractivity contribution in [1.82, 2.24) is 0 Å². The van der Waals surface area contributed by atoms with Gasteiger partial charge in [0.2, 0.25) is 0 Å². The third kappa shape index (κ3) is 5.50. The maximum atomic E-state index is 6.04. The minimum absolute atomic E-state index is 0.0744. The molecule has 0 radical (unpaired) electrons. The molecule has 7 rings (SSSR count). The molecule has 0 heterocycles. The first-order chi connectivity index (χ1) is 23.0. The minimum Gasteiger partial charge on any atom is -0.495 e. The van der Waals surface area contributed by atoms with E-state index < -0.39 is 5.41 Å². The lowest BCUT2D eigenvalue weighted by Crippen LogP contribution is -2.28. The standard InChI is InChI=1S/C43H38O4/c1-5-44-29(3)27-46-37-21-17-31-23-35(19-15-33(31)25-37)43(41-13-9-7-11-39(41)40-12-8-10-14-42(40)43)36-20-16-34-26-38(22-18-32(34)24-36)47-28-30(4)45-6-2/h5-26,29-30H,1-2,27-28H2,3-4H3. The highest BCUT2D eigenvalue weighted by atomic mass is 16.5. The number of rotatable bonds is 12. The molecule has 2 unspecified atom stereocenters. The lowest BCUT2D eigenvalue weighted by Gasteiger charge is -2.34. The van der Waals surface area contributed by atoms with Gasteiger partial charge in [-0.2, -0.15) is 0 Å². The van der Waals surface area contributed by atoms with Crippen LogP contribution in [0.2, 0.25) is 0 Å². The van der Waals surface area contributed by atoms with Crippen LogP contribution in [-0.4, -0.2) is 25.4 Å². The van der Waals surface area contributed by atoms with Gasteiger partial charge in [0, 0.05) is 0 Å². The van der Waals surface area contributed by atoms with E-state index >= 15 is 0 Å². The maximum absolute atomic E-state index is 6.04. The van der Waals surface area contributed by atoms with E-state index in [2.05, 4.69) is 122 Å². The summed E-state index contributed by atoms with van der Waals surface area (Å²) in [7, 11) is 0. The van der Waals surface area contributed by atoms with Crippen molar-refractivity contribution in [2.45, 2.75) is 31.5 Å². The molecule has 6 aromatic rings. The van der Waals surface area contributed by atoms with Crippen molar-refractivity contribution in [2.24, 2.45) is 0 Å². The van der Waals surface area contributed by atoms with Crippen molar-refractivity contribution in [3.05, 3.63) is 169 Å². The molecule has 0 aromatic heterocycles.